The Hall–Kier alpha value is -2.56. The van der Waals surface area contributed by atoms with E-state index in [0.29, 0.717) is 12.8 Å². The number of nitrogens with two attached hydrogens (primary N) is 1. The Labute approximate surface area is 333 Å². The molecular weight excluding hydrogens is 721 g/mol. The minimum Gasteiger partial charge on any atom is -0.480 e. The zero-order valence-electron chi connectivity index (χ0n) is 34.3. The summed E-state index contributed by atoms with van der Waals surface area (Å²) in [5, 5.41) is 8.88. The molecule has 0 aromatic rings. The van der Waals surface area contributed by atoms with E-state index >= 15 is 0 Å². The van der Waals surface area contributed by atoms with E-state index in [1.54, 1.807) is 0 Å². The maximum atomic E-state index is 12.6. The topological polar surface area (TPSA) is 172 Å². The molecule has 0 fully saturated rings. The van der Waals surface area contributed by atoms with Crippen molar-refractivity contribution in [3.05, 3.63) is 48.6 Å². The van der Waals surface area contributed by atoms with Crippen LogP contribution in [0.4, 0.5) is 0 Å². The standard InChI is InChI=1S/C43H76NO10P/c1-3-5-7-9-11-13-15-17-19-20-21-23-25-27-29-31-33-35-42(46)54-39(37-52-55(49,50)53-38-40(44)43(47)48)36-51-41(45)34-32-30-28-26-24-22-18-16-14-12-10-8-6-4-2/h11,13,16-19,21,23,39-40H,3-10,12,14-15,20,22,24-38,44H2,1-2H3,(H,47,48)(H,49,50)/b13-11-,18-16-,19-17-,23-21-/t39-,40+/m1/s1. The second-order valence-electron chi connectivity index (χ2n) is 14.1. The first-order valence-electron chi connectivity index (χ1n) is 21.2. The molecule has 0 aliphatic heterocycles. The summed E-state index contributed by atoms with van der Waals surface area (Å²) in [4.78, 5) is 45.9. The number of hydrogen-bond acceptors (Lipinski definition) is 9. The fourth-order valence-electron chi connectivity index (χ4n) is 5.42. The summed E-state index contributed by atoms with van der Waals surface area (Å²) in [6, 6.07) is -1.53. The van der Waals surface area contributed by atoms with Crippen LogP contribution in [0, 0.1) is 0 Å². The highest BCUT2D eigenvalue weighted by molar-refractivity contribution is 7.47. The van der Waals surface area contributed by atoms with E-state index in [1.807, 2.05) is 0 Å². The van der Waals surface area contributed by atoms with Gasteiger partial charge in [0.25, 0.3) is 0 Å². The zero-order valence-corrected chi connectivity index (χ0v) is 35.2. The van der Waals surface area contributed by atoms with Crippen molar-refractivity contribution >= 4 is 25.7 Å². The zero-order chi connectivity index (χ0) is 40.7. The molecule has 0 rings (SSSR count). The van der Waals surface area contributed by atoms with Gasteiger partial charge in [0.2, 0.25) is 0 Å². The predicted octanol–water partition coefficient (Wildman–Crippen LogP) is 11.0. The Morgan fingerprint density at radius 2 is 0.964 bits per heavy atom. The van der Waals surface area contributed by atoms with Gasteiger partial charge in [0.05, 0.1) is 13.2 Å². The fourth-order valence-corrected chi connectivity index (χ4v) is 6.20. The minimum atomic E-state index is -4.72. The average molecular weight is 798 g/mol. The van der Waals surface area contributed by atoms with Crippen molar-refractivity contribution in [2.75, 3.05) is 19.8 Å². The van der Waals surface area contributed by atoms with Gasteiger partial charge in [-0.3, -0.25) is 23.4 Å². The number of phosphoric ester groups is 1. The molecule has 0 bridgehead atoms. The number of allylic oxidation sites excluding steroid dienone is 8. The Morgan fingerprint density at radius 1 is 0.564 bits per heavy atom. The number of hydrogen-bond donors (Lipinski definition) is 3. The molecule has 0 aliphatic carbocycles. The van der Waals surface area contributed by atoms with Crippen LogP contribution < -0.4 is 5.73 Å². The molecule has 3 atom stereocenters. The summed E-state index contributed by atoms with van der Waals surface area (Å²) in [6.45, 7) is 2.72. The summed E-state index contributed by atoms with van der Waals surface area (Å²) < 4.78 is 32.6. The van der Waals surface area contributed by atoms with Crippen LogP contribution in [0.1, 0.15) is 174 Å². The normalized spacial score (nSPS) is 14.3. The molecule has 0 aliphatic rings. The van der Waals surface area contributed by atoms with E-state index in [-0.39, 0.29) is 19.4 Å². The van der Waals surface area contributed by atoms with Gasteiger partial charge < -0.3 is 25.2 Å². The van der Waals surface area contributed by atoms with Crippen molar-refractivity contribution in [1.82, 2.24) is 0 Å². The maximum absolute atomic E-state index is 12.6. The third-order valence-electron chi connectivity index (χ3n) is 8.80. The Kier molecular flexibility index (Phi) is 36.5. The highest BCUT2D eigenvalue weighted by Gasteiger charge is 2.28. The second-order valence-corrected chi connectivity index (χ2v) is 15.6. The number of esters is 2. The average Bonchev–Trinajstić information content (AvgIpc) is 3.16. The lowest BCUT2D eigenvalue weighted by atomic mass is 10.1. The number of phosphoric acid groups is 1. The van der Waals surface area contributed by atoms with Gasteiger partial charge in [-0.2, -0.15) is 0 Å². The third kappa shape index (κ3) is 38.1. The summed E-state index contributed by atoms with van der Waals surface area (Å²) in [6.07, 6.45) is 41.7. The Bertz CT molecular complexity index is 1120. The predicted molar refractivity (Wildman–Crippen MR) is 222 cm³/mol. The quantitative estimate of drug-likeness (QED) is 0.0234. The molecule has 55 heavy (non-hydrogen) atoms. The Balaban J connectivity index is 4.45. The largest absolute Gasteiger partial charge is 0.480 e. The summed E-state index contributed by atoms with van der Waals surface area (Å²) in [5.74, 6) is -2.42. The van der Waals surface area contributed by atoms with Crippen LogP contribution in [0.5, 0.6) is 0 Å². The number of unbranched alkanes of at least 4 members (excludes halogenated alkanes) is 17. The van der Waals surface area contributed by atoms with Crippen molar-refractivity contribution in [2.24, 2.45) is 5.73 Å². The van der Waals surface area contributed by atoms with Gasteiger partial charge in [-0.05, 0) is 77.0 Å². The number of ether oxygens (including phenoxy) is 2. The summed E-state index contributed by atoms with van der Waals surface area (Å²) >= 11 is 0. The first-order valence-corrected chi connectivity index (χ1v) is 22.7. The molecule has 11 nitrogen and oxygen atoms in total. The van der Waals surface area contributed by atoms with Gasteiger partial charge >= 0.3 is 25.7 Å². The number of carboxylic acid groups (broad SMARTS) is 1. The second kappa shape index (κ2) is 38.3. The van der Waals surface area contributed by atoms with Crippen molar-refractivity contribution < 1.29 is 47.5 Å². The highest BCUT2D eigenvalue weighted by Crippen LogP contribution is 2.43. The van der Waals surface area contributed by atoms with Crippen molar-refractivity contribution in [1.29, 1.82) is 0 Å². The molecule has 318 valence electrons. The van der Waals surface area contributed by atoms with Gasteiger partial charge in [-0.15, -0.1) is 0 Å². The third-order valence-corrected chi connectivity index (χ3v) is 9.75. The molecule has 12 heteroatoms. The van der Waals surface area contributed by atoms with Crippen LogP contribution in [0.25, 0.3) is 0 Å². The number of rotatable bonds is 39. The van der Waals surface area contributed by atoms with Crippen LogP contribution in [0.15, 0.2) is 48.6 Å². The van der Waals surface area contributed by atoms with E-state index in [4.69, 9.17) is 24.8 Å². The van der Waals surface area contributed by atoms with E-state index in [1.165, 1.54) is 51.4 Å². The molecule has 4 N–H and O–H groups in total. The SMILES string of the molecule is CCCCC/C=C\C/C=C\C/C=C\CCCCCCC(=O)O[C@H](COC(=O)CCCCCCC/C=C\CCCCCCC)COP(=O)(O)OC[C@H](N)C(=O)O. The van der Waals surface area contributed by atoms with Gasteiger partial charge in [0.15, 0.2) is 6.10 Å². The maximum Gasteiger partial charge on any atom is 0.472 e. The van der Waals surface area contributed by atoms with E-state index in [9.17, 15) is 23.8 Å². The minimum absolute atomic E-state index is 0.133. The van der Waals surface area contributed by atoms with Gasteiger partial charge in [0.1, 0.15) is 12.6 Å². The molecular formula is C43H76NO10P. The van der Waals surface area contributed by atoms with Crippen molar-refractivity contribution in [2.45, 2.75) is 187 Å². The molecule has 0 spiro atoms. The monoisotopic (exact) mass is 798 g/mol. The first-order chi connectivity index (χ1) is 26.6. The molecule has 0 radical (unpaired) electrons. The number of aliphatic carboxylic acids is 1. The van der Waals surface area contributed by atoms with Crippen LogP contribution in [0.2, 0.25) is 0 Å². The van der Waals surface area contributed by atoms with Gasteiger partial charge in [0, 0.05) is 12.8 Å². The first kappa shape index (κ1) is 52.4. The van der Waals surface area contributed by atoms with Crippen LogP contribution in [-0.4, -0.2) is 59.9 Å². The van der Waals surface area contributed by atoms with Crippen molar-refractivity contribution in [3.63, 3.8) is 0 Å². The van der Waals surface area contributed by atoms with Crippen LogP contribution in [-0.2, 0) is 37.5 Å². The molecule has 0 aromatic carbocycles. The smallest absolute Gasteiger partial charge is 0.472 e. The molecule has 1 unspecified atom stereocenters. The van der Waals surface area contributed by atoms with Gasteiger partial charge in [-0.1, -0.05) is 133 Å². The lowest BCUT2D eigenvalue weighted by Crippen LogP contribution is -2.34. The number of carbonyl (C=O) groups excluding carboxylic acids is 2. The number of carbonyl (C=O) groups is 3. The van der Waals surface area contributed by atoms with Crippen LogP contribution in [0.3, 0.4) is 0 Å². The molecule has 0 saturated heterocycles. The Morgan fingerprint density at radius 3 is 1.49 bits per heavy atom. The summed E-state index contributed by atoms with van der Waals surface area (Å²) in [7, 11) is -4.72. The molecule has 0 heterocycles. The van der Waals surface area contributed by atoms with E-state index in [0.717, 1.165) is 83.5 Å². The molecule has 0 aromatic heterocycles. The summed E-state index contributed by atoms with van der Waals surface area (Å²) in [5.41, 5.74) is 5.33. The lowest BCUT2D eigenvalue weighted by molar-refractivity contribution is -0.161. The highest BCUT2D eigenvalue weighted by atomic mass is 31.2. The van der Waals surface area contributed by atoms with Gasteiger partial charge in [-0.25, -0.2) is 4.57 Å². The molecule has 0 amide bonds. The van der Waals surface area contributed by atoms with E-state index < -0.39 is 51.1 Å². The lowest BCUT2D eigenvalue weighted by Gasteiger charge is -2.20. The fraction of sp³-hybridized carbons (Fsp3) is 0.744. The van der Waals surface area contributed by atoms with Crippen molar-refractivity contribution in [3.8, 4) is 0 Å². The van der Waals surface area contributed by atoms with Crippen LogP contribution >= 0.6 is 7.82 Å². The van der Waals surface area contributed by atoms with E-state index in [2.05, 4.69) is 67.0 Å². The number of carboxylic acids is 1. The molecule has 0 saturated carbocycles.